The standard InChI is InChI=1S/C15H12ClF3N2O2/c16-12-3-1-2-4-13(12)21-14(22)9-20-10-5-7-11(8-6-10)23-15(17,18)19/h1-8,20H,9H2,(H,21,22). The monoisotopic (exact) mass is 344 g/mol. The van der Waals surface area contributed by atoms with Gasteiger partial charge in [-0.25, -0.2) is 0 Å². The minimum Gasteiger partial charge on any atom is -0.406 e. The highest BCUT2D eigenvalue weighted by Crippen LogP contribution is 2.24. The van der Waals surface area contributed by atoms with Gasteiger partial charge in [0.25, 0.3) is 0 Å². The van der Waals surface area contributed by atoms with Gasteiger partial charge in [-0.3, -0.25) is 4.79 Å². The number of alkyl halides is 3. The molecule has 2 N–H and O–H groups in total. The molecule has 0 aliphatic carbocycles. The second-order valence-electron chi connectivity index (χ2n) is 4.45. The molecule has 0 saturated carbocycles. The van der Waals surface area contributed by atoms with Crippen molar-refractivity contribution in [3.8, 4) is 5.75 Å². The van der Waals surface area contributed by atoms with E-state index in [2.05, 4.69) is 15.4 Å². The molecule has 0 unspecified atom stereocenters. The fourth-order valence-corrected chi connectivity index (χ4v) is 1.90. The quantitative estimate of drug-likeness (QED) is 0.850. The molecule has 0 heterocycles. The van der Waals surface area contributed by atoms with Crippen LogP contribution in [-0.2, 0) is 4.79 Å². The van der Waals surface area contributed by atoms with Gasteiger partial charge in [-0.05, 0) is 36.4 Å². The number of halogens is 4. The molecule has 0 aromatic heterocycles. The number of para-hydroxylation sites is 1. The summed E-state index contributed by atoms with van der Waals surface area (Å²) in [4.78, 5) is 11.8. The Labute approximate surface area is 135 Å². The van der Waals surface area contributed by atoms with E-state index in [1.165, 1.54) is 12.1 Å². The van der Waals surface area contributed by atoms with Crippen LogP contribution in [0.3, 0.4) is 0 Å². The maximum absolute atomic E-state index is 12.0. The van der Waals surface area contributed by atoms with Crippen LogP contribution < -0.4 is 15.4 Å². The molecule has 2 aromatic carbocycles. The van der Waals surface area contributed by atoms with Gasteiger partial charge in [-0.1, -0.05) is 23.7 Å². The van der Waals surface area contributed by atoms with Gasteiger partial charge in [0.15, 0.2) is 0 Å². The van der Waals surface area contributed by atoms with Gasteiger partial charge in [-0.15, -0.1) is 13.2 Å². The first-order valence-electron chi connectivity index (χ1n) is 6.47. The van der Waals surface area contributed by atoms with Crippen LogP contribution in [0.4, 0.5) is 24.5 Å². The number of carbonyl (C=O) groups is 1. The number of hydrogen-bond donors (Lipinski definition) is 2. The zero-order valence-electron chi connectivity index (χ0n) is 11.7. The van der Waals surface area contributed by atoms with E-state index in [9.17, 15) is 18.0 Å². The zero-order chi connectivity index (χ0) is 16.9. The summed E-state index contributed by atoms with van der Waals surface area (Å²) in [6.45, 7) is -0.0648. The number of benzene rings is 2. The fourth-order valence-electron chi connectivity index (χ4n) is 1.71. The molecule has 0 radical (unpaired) electrons. The van der Waals surface area contributed by atoms with E-state index in [0.29, 0.717) is 16.4 Å². The number of carbonyl (C=O) groups excluding carboxylic acids is 1. The third kappa shape index (κ3) is 5.71. The Morgan fingerprint density at radius 3 is 2.35 bits per heavy atom. The average molecular weight is 345 g/mol. The first kappa shape index (κ1) is 17.0. The highest BCUT2D eigenvalue weighted by molar-refractivity contribution is 6.33. The van der Waals surface area contributed by atoms with E-state index in [-0.39, 0.29) is 18.2 Å². The van der Waals surface area contributed by atoms with Gasteiger partial charge in [0.2, 0.25) is 5.91 Å². The minimum absolute atomic E-state index is 0.0648. The smallest absolute Gasteiger partial charge is 0.406 e. The lowest BCUT2D eigenvalue weighted by Gasteiger charge is -2.11. The Morgan fingerprint density at radius 1 is 1.09 bits per heavy atom. The highest BCUT2D eigenvalue weighted by Gasteiger charge is 2.30. The Morgan fingerprint density at radius 2 is 1.74 bits per heavy atom. The van der Waals surface area contributed by atoms with Crippen molar-refractivity contribution < 1.29 is 22.7 Å². The van der Waals surface area contributed by atoms with Crippen molar-refractivity contribution in [2.45, 2.75) is 6.36 Å². The second kappa shape index (κ2) is 7.23. The number of amides is 1. The molecule has 0 fully saturated rings. The van der Waals surface area contributed by atoms with Crippen LogP contribution in [0.5, 0.6) is 5.75 Å². The van der Waals surface area contributed by atoms with Crippen molar-refractivity contribution >= 4 is 28.9 Å². The first-order chi connectivity index (χ1) is 10.8. The van der Waals surface area contributed by atoms with Crippen LogP contribution in [0.25, 0.3) is 0 Å². The molecule has 8 heteroatoms. The molecule has 0 bridgehead atoms. The van der Waals surface area contributed by atoms with E-state index in [1.54, 1.807) is 24.3 Å². The van der Waals surface area contributed by atoms with E-state index < -0.39 is 6.36 Å². The van der Waals surface area contributed by atoms with Crippen LogP contribution in [0.2, 0.25) is 5.02 Å². The summed E-state index contributed by atoms with van der Waals surface area (Å²) >= 11 is 5.91. The van der Waals surface area contributed by atoms with Crippen LogP contribution >= 0.6 is 11.6 Å². The fraction of sp³-hybridized carbons (Fsp3) is 0.133. The molecule has 122 valence electrons. The molecule has 4 nitrogen and oxygen atoms in total. The van der Waals surface area contributed by atoms with Crippen LogP contribution in [0.1, 0.15) is 0 Å². The van der Waals surface area contributed by atoms with Gasteiger partial charge >= 0.3 is 6.36 Å². The summed E-state index contributed by atoms with van der Waals surface area (Å²) in [7, 11) is 0. The predicted molar refractivity (Wildman–Crippen MR) is 81.7 cm³/mol. The molecular weight excluding hydrogens is 333 g/mol. The third-order valence-electron chi connectivity index (χ3n) is 2.69. The lowest BCUT2D eigenvalue weighted by atomic mass is 10.3. The highest BCUT2D eigenvalue weighted by atomic mass is 35.5. The lowest BCUT2D eigenvalue weighted by molar-refractivity contribution is -0.274. The number of ether oxygens (including phenoxy) is 1. The van der Waals surface area contributed by atoms with E-state index in [4.69, 9.17) is 11.6 Å². The average Bonchev–Trinajstić information content (AvgIpc) is 2.47. The summed E-state index contributed by atoms with van der Waals surface area (Å²) in [5, 5.41) is 5.81. The zero-order valence-corrected chi connectivity index (χ0v) is 12.4. The van der Waals surface area contributed by atoms with Crippen LogP contribution in [0.15, 0.2) is 48.5 Å². The van der Waals surface area contributed by atoms with Gasteiger partial charge in [-0.2, -0.15) is 0 Å². The van der Waals surface area contributed by atoms with Gasteiger partial charge in [0.05, 0.1) is 17.3 Å². The predicted octanol–water partition coefficient (Wildman–Crippen LogP) is 4.29. The molecule has 0 spiro atoms. The van der Waals surface area contributed by atoms with Crippen molar-refractivity contribution in [1.29, 1.82) is 0 Å². The Kier molecular flexibility index (Phi) is 5.33. The minimum atomic E-state index is -4.73. The molecule has 0 atom stereocenters. The molecule has 23 heavy (non-hydrogen) atoms. The normalized spacial score (nSPS) is 11.0. The van der Waals surface area contributed by atoms with Gasteiger partial charge in [0, 0.05) is 5.69 Å². The van der Waals surface area contributed by atoms with Crippen LogP contribution in [-0.4, -0.2) is 18.8 Å². The number of nitrogens with one attached hydrogen (secondary N) is 2. The Bertz CT molecular complexity index is 675. The van der Waals surface area contributed by atoms with Crippen molar-refractivity contribution in [2.24, 2.45) is 0 Å². The first-order valence-corrected chi connectivity index (χ1v) is 6.85. The maximum Gasteiger partial charge on any atom is 0.573 e. The Hall–Kier alpha value is -2.41. The molecule has 2 aromatic rings. The van der Waals surface area contributed by atoms with Gasteiger partial charge < -0.3 is 15.4 Å². The summed E-state index contributed by atoms with van der Waals surface area (Å²) < 4.78 is 39.9. The SMILES string of the molecule is O=C(CNc1ccc(OC(F)(F)F)cc1)Nc1ccccc1Cl. The van der Waals surface area contributed by atoms with E-state index in [0.717, 1.165) is 12.1 Å². The van der Waals surface area contributed by atoms with Crippen molar-refractivity contribution in [3.05, 3.63) is 53.6 Å². The van der Waals surface area contributed by atoms with E-state index in [1.807, 2.05) is 0 Å². The molecule has 2 rings (SSSR count). The number of rotatable bonds is 5. The third-order valence-corrected chi connectivity index (χ3v) is 3.02. The largest absolute Gasteiger partial charge is 0.573 e. The van der Waals surface area contributed by atoms with Crippen LogP contribution in [0, 0.1) is 0 Å². The topological polar surface area (TPSA) is 50.4 Å². The van der Waals surface area contributed by atoms with Gasteiger partial charge in [0.1, 0.15) is 5.75 Å². The summed E-state index contributed by atoms with van der Waals surface area (Å²) in [5.41, 5.74) is 0.962. The summed E-state index contributed by atoms with van der Waals surface area (Å²) in [6, 6.07) is 11.8. The second-order valence-corrected chi connectivity index (χ2v) is 4.86. The molecule has 1 amide bonds. The van der Waals surface area contributed by atoms with Crippen molar-refractivity contribution in [2.75, 3.05) is 17.2 Å². The molecule has 0 aliphatic rings. The van der Waals surface area contributed by atoms with Crippen molar-refractivity contribution in [3.63, 3.8) is 0 Å². The van der Waals surface area contributed by atoms with E-state index >= 15 is 0 Å². The van der Waals surface area contributed by atoms with Crippen molar-refractivity contribution in [1.82, 2.24) is 0 Å². The maximum atomic E-state index is 12.0. The number of hydrogen-bond acceptors (Lipinski definition) is 3. The molecule has 0 aliphatic heterocycles. The Balaban J connectivity index is 1.86. The molecule has 0 saturated heterocycles. The number of anilines is 2. The summed E-state index contributed by atoms with van der Waals surface area (Å²) in [5.74, 6) is -0.669. The lowest BCUT2D eigenvalue weighted by Crippen LogP contribution is -2.22. The summed E-state index contributed by atoms with van der Waals surface area (Å²) in [6.07, 6.45) is -4.73. The molecular formula is C15H12ClF3N2O2.